The first kappa shape index (κ1) is 10.1. The summed E-state index contributed by atoms with van der Waals surface area (Å²) in [6, 6.07) is 2.15. The van der Waals surface area contributed by atoms with Crippen LogP contribution in [0.2, 0.25) is 0 Å². The predicted molar refractivity (Wildman–Crippen MR) is 57.3 cm³/mol. The number of hydrogen-bond acceptors (Lipinski definition) is 6. The third-order valence-electron chi connectivity index (χ3n) is 2.30. The van der Waals surface area contributed by atoms with Crippen LogP contribution in [0.3, 0.4) is 0 Å². The summed E-state index contributed by atoms with van der Waals surface area (Å²) >= 11 is 0. The van der Waals surface area contributed by atoms with Crippen molar-refractivity contribution >= 4 is 11.8 Å². The Hall–Kier alpha value is -1.40. The molecule has 1 aromatic rings. The molecule has 0 aliphatic carbocycles. The molecule has 1 aromatic heterocycles. The Morgan fingerprint density at radius 3 is 3.20 bits per heavy atom. The molecule has 0 saturated carbocycles. The lowest BCUT2D eigenvalue weighted by Crippen LogP contribution is -2.30. The number of nitrogens with two attached hydrogens (primary N) is 1. The van der Waals surface area contributed by atoms with Crippen LogP contribution in [0, 0.1) is 0 Å². The Morgan fingerprint density at radius 1 is 1.53 bits per heavy atom. The molecule has 0 bridgehead atoms. The van der Waals surface area contributed by atoms with E-state index < -0.39 is 0 Å². The maximum Gasteiger partial charge on any atom is 0.239 e. The number of hydrogen-bond donors (Lipinski definition) is 3. The van der Waals surface area contributed by atoms with Gasteiger partial charge >= 0.3 is 0 Å². The second-order valence-electron chi connectivity index (χ2n) is 3.47. The van der Waals surface area contributed by atoms with Gasteiger partial charge in [-0.05, 0) is 18.9 Å². The summed E-state index contributed by atoms with van der Waals surface area (Å²) in [6.45, 7) is 1.59. The van der Waals surface area contributed by atoms with Gasteiger partial charge in [-0.2, -0.15) is 4.98 Å². The Bertz CT molecular complexity index is 313. The molecule has 1 saturated heterocycles. The van der Waals surface area contributed by atoms with Gasteiger partial charge < -0.3 is 10.1 Å². The molecule has 1 fully saturated rings. The van der Waals surface area contributed by atoms with Gasteiger partial charge in [0, 0.05) is 12.8 Å². The second-order valence-corrected chi connectivity index (χ2v) is 3.47. The van der Waals surface area contributed by atoms with E-state index in [1.807, 2.05) is 6.07 Å². The number of nitrogens with zero attached hydrogens (tertiary/aromatic N) is 2. The summed E-state index contributed by atoms with van der Waals surface area (Å²) < 4.78 is 5.36. The van der Waals surface area contributed by atoms with Crippen LogP contribution in [0.4, 0.5) is 11.8 Å². The van der Waals surface area contributed by atoms with Crippen molar-refractivity contribution in [2.45, 2.75) is 18.9 Å². The minimum absolute atomic E-state index is 0.333. The van der Waals surface area contributed by atoms with E-state index in [1.165, 1.54) is 0 Å². The third-order valence-corrected chi connectivity index (χ3v) is 2.30. The second kappa shape index (κ2) is 4.90. The summed E-state index contributed by atoms with van der Waals surface area (Å²) in [5.41, 5.74) is 2.41. The third kappa shape index (κ3) is 2.77. The number of rotatable bonds is 3. The van der Waals surface area contributed by atoms with Gasteiger partial charge in [-0.3, -0.25) is 5.43 Å². The van der Waals surface area contributed by atoms with E-state index >= 15 is 0 Å². The summed E-state index contributed by atoms with van der Waals surface area (Å²) in [4.78, 5) is 8.10. The minimum atomic E-state index is 0.333. The Balaban J connectivity index is 1.96. The molecule has 82 valence electrons. The number of hydrazine groups is 1. The van der Waals surface area contributed by atoms with Crippen molar-refractivity contribution in [1.82, 2.24) is 9.97 Å². The molecule has 1 atom stereocenters. The van der Waals surface area contributed by atoms with Crippen molar-refractivity contribution in [2.75, 3.05) is 24.0 Å². The average Bonchev–Trinajstić information content (AvgIpc) is 2.31. The molecule has 1 unspecified atom stereocenters. The first-order valence-corrected chi connectivity index (χ1v) is 5.02. The van der Waals surface area contributed by atoms with Crippen LogP contribution < -0.4 is 16.6 Å². The van der Waals surface area contributed by atoms with E-state index in [0.717, 1.165) is 31.9 Å². The van der Waals surface area contributed by atoms with Crippen LogP contribution in [0.25, 0.3) is 0 Å². The van der Waals surface area contributed by atoms with Crippen LogP contribution in [0.15, 0.2) is 12.3 Å². The van der Waals surface area contributed by atoms with Crippen LogP contribution in [0.5, 0.6) is 0 Å². The maximum absolute atomic E-state index is 5.36. The van der Waals surface area contributed by atoms with Gasteiger partial charge in [-0.25, -0.2) is 10.8 Å². The van der Waals surface area contributed by atoms with Crippen LogP contribution >= 0.6 is 0 Å². The monoisotopic (exact) mass is 209 g/mol. The number of aromatic nitrogens is 2. The van der Waals surface area contributed by atoms with Crippen LogP contribution in [0.1, 0.15) is 12.8 Å². The SMILES string of the molecule is NNc1nccc(NC2CCCOC2)n1. The van der Waals surface area contributed by atoms with Crippen LogP contribution in [-0.4, -0.2) is 29.2 Å². The summed E-state index contributed by atoms with van der Waals surface area (Å²) in [5.74, 6) is 6.41. The van der Waals surface area contributed by atoms with E-state index in [0.29, 0.717) is 12.0 Å². The van der Waals surface area contributed by atoms with E-state index in [1.54, 1.807) is 6.20 Å². The molecule has 0 spiro atoms. The summed E-state index contributed by atoms with van der Waals surface area (Å²) in [5, 5.41) is 3.28. The highest BCUT2D eigenvalue weighted by molar-refractivity contribution is 5.39. The fraction of sp³-hybridized carbons (Fsp3) is 0.556. The van der Waals surface area contributed by atoms with Crippen molar-refractivity contribution in [3.05, 3.63) is 12.3 Å². The summed E-state index contributed by atoms with van der Waals surface area (Å²) in [7, 11) is 0. The zero-order valence-electron chi connectivity index (χ0n) is 8.44. The number of anilines is 2. The molecule has 6 heteroatoms. The molecular formula is C9H15N5O. The first-order chi connectivity index (χ1) is 7.38. The molecule has 0 aromatic carbocycles. The van der Waals surface area contributed by atoms with E-state index in [4.69, 9.17) is 10.6 Å². The van der Waals surface area contributed by atoms with E-state index in [9.17, 15) is 0 Å². The van der Waals surface area contributed by atoms with Gasteiger partial charge in [0.25, 0.3) is 0 Å². The van der Waals surface area contributed by atoms with Crippen molar-refractivity contribution in [3.63, 3.8) is 0 Å². The molecule has 0 amide bonds. The largest absolute Gasteiger partial charge is 0.379 e. The molecule has 0 radical (unpaired) electrons. The van der Waals surface area contributed by atoms with Gasteiger partial charge in [-0.15, -0.1) is 0 Å². The standard InChI is InChI=1S/C9H15N5O/c10-14-9-11-4-3-8(13-9)12-7-2-1-5-15-6-7/h3-4,7H,1-2,5-6,10H2,(H2,11,12,13,14). The van der Waals surface area contributed by atoms with E-state index in [2.05, 4.69) is 20.7 Å². The summed E-state index contributed by atoms with van der Waals surface area (Å²) in [6.07, 6.45) is 3.86. The van der Waals surface area contributed by atoms with Crippen LogP contribution in [-0.2, 0) is 4.74 Å². The lowest BCUT2D eigenvalue weighted by Gasteiger charge is -2.23. The molecule has 1 aliphatic heterocycles. The molecule has 2 heterocycles. The smallest absolute Gasteiger partial charge is 0.239 e. The minimum Gasteiger partial charge on any atom is -0.379 e. The molecule has 15 heavy (non-hydrogen) atoms. The zero-order valence-corrected chi connectivity index (χ0v) is 8.44. The highest BCUT2D eigenvalue weighted by atomic mass is 16.5. The average molecular weight is 209 g/mol. The lowest BCUT2D eigenvalue weighted by molar-refractivity contribution is 0.0875. The first-order valence-electron chi connectivity index (χ1n) is 5.02. The van der Waals surface area contributed by atoms with Crippen molar-refractivity contribution in [1.29, 1.82) is 0 Å². The molecule has 2 rings (SSSR count). The van der Waals surface area contributed by atoms with Gasteiger partial charge in [0.05, 0.1) is 12.6 Å². The normalized spacial score (nSPS) is 21.0. The molecule has 4 N–H and O–H groups in total. The predicted octanol–water partition coefficient (Wildman–Crippen LogP) is 0.353. The Morgan fingerprint density at radius 2 is 2.47 bits per heavy atom. The number of nitrogen functional groups attached to an aromatic ring is 1. The van der Waals surface area contributed by atoms with Gasteiger partial charge in [0.15, 0.2) is 0 Å². The van der Waals surface area contributed by atoms with Gasteiger partial charge in [0.1, 0.15) is 5.82 Å². The number of nitrogens with one attached hydrogen (secondary N) is 2. The van der Waals surface area contributed by atoms with E-state index in [-0.39, 0.29) is 0 Å². The topological polar surface area (TPSA) is 85.1 Å². The molecule has 1 aliphatic rings. The molecule has 6 nitrogen and oxygen atoms in total. The fourth-order valence-electron chi connectivity index (χ4n) is 1.57. The maximum atomic E-state index is 5.36. The van der Waals surface area contributed by atoms with Crippen molar-refractivity contribution < 1.29 is 4.74 Å². The fourth-order valence-corrected chi connectivity index (χ4v) is 1.57. The lowest BCUT2D eigenvalue weighted by atomic mass is 10.1. The van der Waals surface area contributed by atoms with Crippen molar-refractivity contribution in [2.24, 2.45) is 5.84 Å². The highest BCUT2D eigenvalue weighted by Gasteiger charge is 2.13. The van der Waals surface area contributed by atoms with Gasteiger partial charge in [-0.1, -0.05) is 0 Å². The zero-order chi connectivity index (χ0) is 10.5. The van der Waals surface area contributed by atoms with Gasteiger partial charge in [0.2, 0.25) is 5.95 Å². The number of ether oxygens (including phenoxy) is 1. The Kier molecular flexibility index (Phi) is 3.31. The molecular weight excluding hydrogens is 194 g/mol. The quantitative estimate of drug-likeness (QED) is 0.492. The Labute approximate surface area is 88.2 Å². The van der Waals surface area contributed by atoms with Crippen molar-refractivity contribution in [3.8, 4) is 0 Å². The highest BCUT2D eigenvalue weighted by Crippen LogP contribution is 2.12.